The lowest BCUT2D eigenvalue weighted by Gasteiger charge is -2.26. The summed E-state index contributed by atoms with van der Waals surface area (Å²) in [6.45, 7) is 0. The summed E-state index contributed by atoms with van der Waals surface area (Å²) in [5.74, 6) is 1.60. The first-order chi connectivity index (χ1) is 16.7. The van der Waals surface area contributed by atoms with E-state index in [-0.39, 0.29) is 0 Å². The second-order valence-electron chi connectivity index (χ2n) is 7.56. The van der Waals surface area contributed by atoms with E-state index in [0.29, 0.717) is 11.1 Å². The van der Waals surface area contributed by atoms with Gasteiger partial charge in [0.05, 0.1) is 25.9 Å². The molecule has 0 aliphatic heterocycles. The van der Waals surface area contributed by atoms with E-state index in [0.717, 1.165) is 63.2 Å². The third kappa shape index (κ3) is 3.97. The molecule has 34 heavy (non-hydrogen) atoms. The average Bonchev–Trinajstić information content (AvgIpc) is 3.40. The number of nitrogens with zero attached hydrogens (tertiary/aromatic N) is 3. The minimum absolute atomic E-state index is 0.550. The Morgan fingerprint density at radius 2 is 1.18 bits per heavy atom. The molecule has 0 spiro atoms. The normalized spacial score (nSPS) is 10.8. The van der Waals surface area contributed by atoms with E-state index in [1.54, 1.807) is 20.3 Å². The van der Waals surface area contributed by atoms with E-state index in [2.05, 4.69) is 37.9 Å². The Bertz CT molecular complexity index is 1380. The smallest absolute Gasteiger partial charge is 0.152 e. The fourth-order valence-corrected chi connectivity index (χ4v) is 4.49. The van der Waals surface area contributed by atoms with Crippen LogP contribution in [-0.2, 0) is 0 Å². The van der Waals surface area contributed by atoms with Gasteiger partial charge < -0.3 is 14.4 Å². The maximum Gasteiger partial charge on any atom is 0.152 e. The van der Waals surface area contributed by atoms with Gasteiger partial charge in [-0.3, -0.25) is 4.79 Å². The highest BCUT2D eigenvalue weighted by atomic mass is 32.1. The van der Waals surface area contributed by atoms with Gasteiger partial charge >= 0.3 is 0 Å². The molecule has 0 radical (unpaired) electrons. The number of fused-ring (bicyclic) bond motifs is 1. The first-order valence-corrected chi connectivity index (χ1v) is 11.3. The summed E-state index contributed by atoms with van der Waals surface area (Å²) in [6.07, 6.45) is 0.818. The molecule has 0 unspecified atom stereocenters. The summed E-state index contributed by atoms with van der Waals surface area (Å²) >= 11 is 1.11. The van der Waals surface area contributed by atoms with E-state index in [9.17, 15) is 4.79 Å². The second-order valence-corrected chi connectivity index (χ2v) is 8.09. The molecule has 5 aromatic rings. The monoisotopic (exact) mass is 467 g/mol. The van der Waals surface area contributed by atoms with E-state index < -0.39 is 0 Å². The number of aromatic nitrogens is 2. The Kier molecular flexibility index (Phi) is 5.93. The number of anilines is 3. The van der Waals surface area contributed by atoms with E-state index in [1.165, 1.54) is 0 Å². The first-order valence-electron chi connectivity index (χ1n) is 10.6. The van der Waals surface area contributed by atoms with Crippen molar-refractivity contribution >= 4 is 46.1 Å². The van der Waals surface area contributed by atoms with Crippen molar-refractivity contribution in [2.45, 2.75) is 0 Å². The van der Waals surface area contributed by atoms with Gasteiger partial charge in [0.25, 0.3) is 0 Å². The van der Waals surface area contributed by atoms with Crippen LogP contribution in [0.3, 0.4) is 0 Å². The highest BCUT2D eigenvalue weighted by Gasteiger charge is 2.15. The Morgan fingerprint density at radius 1 is 0.676 bits per heavy atom. The summed E-state index contributed by atoms with van der Waals surface area (Å²) in [5, 5.41) is 0. The van der Waals surface area contributed by atoms with Crippen molar-refractivity contribution in [1.29, 1.82) is 0 Å². The number of hydrogen-bond donors (Lipinski definition) is 0. The van der Waals surface area contributed by atoms with Crippen LogP contribution in [0.4, 0.5) is 17.1 Å². The minimum atomic E-state index is 0.550. The molecule has 0 aliphatic rings. The number of aldehydes is 1. The van der Waals surface area contributed by atoms with Gasteiger partial charge in [-0.15, -0.1) is 0 Å². The molecular weight excluding hydrogens is 446 g/mol. The minimum Gasteiger partial charge on any atom is -0.497 e. The van der Waals surface area contributed by atoms with Crippen LogP contribution in [0.2, 0.25) is 0 Å². The highest BCUT2D eigenvalue weighted by Crippen LogP contribution is 2.37. The highest BCUT2D eigenvalue weighted by molar-refractivity contribution is 7.00. The predicted molar refractivity (Wildman–Crippen MR) is 136 cm³/mol. The Balaban J connectivity index is 1.57. The maximum absolute atomic E-state index is 11.4. The molecule has 4 aromatic carbocycles. The van der Waals surface area contributed by atoms with Gasteiger partial charge in [0, 0.05) is 28.2 Å². The molecule has 1 heterocycles. The van der Waals surface area contributed by atoms with Crippen LogP contribution >= 0.6 is 11.7 Å². The molecule has 0 N–H and O–H groups in total. The van der Waals surface area contributed by atoms with E-state index >= 15 is 0 Å². The van der Waals surface area contributed by atoms with Crippen molar-refractivity contribution in [1.82, 2.24) is 8.75 Å². The van der Waals surface area contributed by atoms with Crippen LogP contribution < -0.4 is 14.4 Å². The lowest BCUT2D eigenvalue weighted by atomic mass is 10.0. The van der Waals surface area contributed by atoms with Crippen molar-refractivity contribution in [2.24, 2.45) is 0 Å². The largest absolute Gasteiger partial charge is 0.497 e. The van der Waals surface area contributed by atoms with E-state index in [1.807, 2.05) is 54.6 Å². The topological polar surface area (TPSA) is 64.6 Å². The zero-order valence-corrected chi connectivity index (χ0v) is 19.5. The zero-order chi connectivity index (χ0) is 23.5. The quantitative estimate of drug-likeness (QED) is 0.250. The van der Waals surface area contributed by atoms with Crippen molar-refractivity contribution in [3.05, 3.63) is 90.5 Å². The van der Waals surface area contributed by atoms with Crippen LogP contribution in [0, 0.1) is 0 Å². The fraction of sp³-hybridized carbons (Fsp3) is 0.0741. The molecule has 0 aliphatic carbocycles. The van der Waals surface area contributed by atoms with Crippen LogP contribution in [0.5, 0.6) is 11.5 Å². The number of methoxy groups -OCH3 is 2. The fourth-order valence-electron chi connectivity index (χ4n) is 3.91. The zero-order valence-electron chi connectivity index (χ0n) is 18.6. The average molecular weight is 468 g/mol. The molecule has 0 saturated carbocycles. The van der Waals surface area contributed by atoms with Gasteiger partial charge in [-0.25, -0.2) is 0 Å². The molecule has 0 bridgehead atoms. The number of ether oxygens (including phenoxy) is 2. The van der Waals surface area contributed by atoms with Crippen LogP contribution in [-0.4, -0.2) is 29.3 Å². The SMILES string of the molecule is COc1ccc(N(c2ccc(OC)cc2)c2ccc(-c3ccc(C=O)c4nsnc34)cc2)cc1. The molecule has 1 aromatic heterocycles. The lowest BCUT2D eigenvalue weighted by molar-refractivity contribution is 0.112. The van der Waals surface area contributed by atoms with Gasteiger partial charge in [-0.05, 0) is 72.3 Å². The Morgan fingerprint density at radius 3 is 1.68 bits per heavy atom. The standard InChI is InChI=1S/C27H21N3O3S/c1-32-23-12-8-21(9-13-23)30(22-10-14-24(33-2)15-11-22)20-6-3-18(4-7-20)25-16-5-19(17-31)26-27(25)29-34-28-26/h3-17H,1-2H3. The third-order valence-electron chi connectivity index (χ3n) is 5.67. The van der Waals surface area contributed by atoms with Crippen LogP contribution in [0.15, 0.2) is 84.9 Å². The number of benzene rings is 4. The van der Waals surface area contributed by atoms with Gasteiger partial charge in [-0.1, -0.05) is 18.2 Å². The molecule has 0 atom stereocenters. The van der Waals surface area contributed by atoms with Gasteiger partial charge in [0.1, 0.15) is 22.5 Å². The number of carbonyl (C=O) groups is 1. The number of hydrogen-bond acceptors (Lipinski definition) is 7. The van der Waals surface area contributed by atoms with Crippen molar-refractivity contribution in [3.63, 3.8) is 0 Å². The Labute approximate surface area is 201 Å². The molecule has 168 valence electrons. The first kappa shape index (κ1) is 21.6. The summed E-state index contributed by atoms with van der Waals surface area (Å²) in [6, 6.07) is 27.9. The molecule has 0 amide bonds. The second kappa shape index (κ2) is 9.33. The molecular formula is C27H21N3O3S. The number of carbonyl (C=O) groups excluding carboxylic acids is 1. The molecule has 5 rings (SSSR count). The van der Waals surface area contributed by atoms with Crippen molar-refractivity contribution in [2.75, 3.05) is 19.1 Å². The summed E-state index contributed by atoms with van der Waals surface area (Å²) < 4.78 is 19.4. The summed E-state index contributed by atoms with van der Waals surface area (Å²) in [4.78, 5) is 13.5. The van der Waals surface area contributed by atoms with Gasteiger partial charge in [-0.2, -0.15) is 8.75 Å². The van der Waals surface area contributed by atoms with Gasteiger partial charge in [0.15, 0.2) is 6.29 Å². The number of rotatable bonds is 7. The Hall–Kier alpha value is -4.23. The van der Waals surface area contributed by atoms with Crippen molar-refractivity contribution in [3.8, 4) is 22.6 Å². The molecule has 6 nitrogen and oxygen atoms in total. The predicted octanol–water partition coefficient (Wildman–Crippen LogP) is 6.66. The lowest BCUT2D eigenvalue weighted by Crippen LogP contribution is -2.09. The summed E-state index contributed by atoms with van der Waals surface area (Å²) in [5.41, 5.74) is 6.87. The third-order valence-corrected chi connectivity index (χ3v) is 6.20. The maximum atomic E-state index is 11.4. The molecule has 7 heteroatoms. The van der Waals surface area contributed by atoms with Crippen LogP contribution in [0.25, 0.3) is 22.2 Å². The molecule has 0 saturated heterocycles. The van der Waals surface area contributed by atoms with Crippen LogP contribution in [0.1, 0.15) is 10.4 Å². The van der Waals surface area contributed by atoms with Gasteiger partial charge in [0.2, 0.25) is 0 Å². The van der Waals surface area contributed by atoms with Crippen molar-refractivity contribution < 1.29 is 14.3 Å². The molecule has 0 fully saturated rings. The summed E-state index contributed by atoms with van der Waals surface area (Å²) in [7, 11) is 3.32. The van der Waals surface area contributed by atoms with E-state index in [4.69, 9.17) is 9.47 Å².